The number of esters is 2. The molecule has 1 rings (SSSR count). The Morgan fingerprint density at radius 2 is 1.33 bits per heavy atom. The molecule has 0 spiro atoms. The molecule has 0 unspecified atom stereocenters. The minimum atomic E-state index is -0.309. The molecule has 1 saturated carbocycles. The summed E-state index contributed by atoms with van der Waals surface area (Å²) < 4.78 is 9.06. The molecule has 0 saturated heterocycles. The van der Waals surface area contributed by atoms with Crippen molar-refractivity contribution in [3.05, 3.63) is 0 Å². The molecular formula is C8H12O4. The molecule has 1 aliphatic carbocycles. The fourth-order valence-electron chi connectivity index (χ4n) is 1.37. The highest BCUT2D eigenvalue weighted by atomic mass is 16.5. The van der Waals surface area contributed by atoms with Gasteiger partial charge in [0, 0.05) is 0 Å². The van der Waals surface area contributed by atoms with Gasteiger partial charge in [0.15, 0.2) is 0 Å². The summed E-state index contributed by atoms with van der Waals surface area (Å²) in [4.78, 5) is 22.0. The van der Waals surface area contributed by atoms with E-state index in [0.717, 1.165) is 12.8 Å². The first-order chi connectivity index (χ1) is 5.70. The van der Waals surface area contributed by atoms with Crippen molar-refractivity contribution in [2.45, 2.75) is 12.8 Å². The quantitative estimate of drug-likeness (QED) is 0.564. The van der Waals surface area contributed by atoms with Crippen molar-refractivity contribution < 1.29 is 19.1 Å². The van der Waals surface area contributed by atoms with Crippen LogP contribution < -0.4 is 0 Å². The molecule has 4 nitrogen and oxygen atoms in total. The molecular weight excluding hydrogens is 160 g/mol. The van der Waals surface area contributed by atoms with Crippen LogP contribution in [0.1, 0.15) is 12.8 Å². The van der Waals surface area contributed by atoms with Crippen molar-refractivity contribution in [1.29, 1.82) is 0 Å². The van der Waals surface area contributed by atoms with Gasteiger partial charge in [-0.05, 0) is 12.8 Å². The van der Waals surface area contributed by atoms with Crippen LogP contribution in [0.15, 0.2) is 0 Å². The fraction of sp³-hybridized carbons (Fsp3) is 0.750. The molecule has 0 heterocycles. The van der Waals surface area contributed by atoms with E-state index in [1.807, 2.05) is 0 Å². The first-order valence-electron chi connectivity index (χ1n) is 3.86. The summed E-state index contributed by atoms with van der Waals surface area (Å²) >= 11 is 0. The zero-order chi connectivity index (χ0) is 9.14. The third-order valence-corrected chi connectivity index (χ3v) is 2.28. The van der Waals surface area contributed by atoms with E-state index in [1.165, 1.54) is 14.2 Å². The Bertz CT molecular complexity index is 177. The van der Waals surface area contributed by atoms with Crippen molar-refractivity contribution in [3.8, 4) is 0 Å². The van der Waals surface area contributed by atoms with Crippen molar-refractivity contribution in [2.75, 3.05) is 14.2 Å². The minimum absolute atomic E-state index is 0.276. The smallest absolute Gasteiger partial charge is 0.309 e. The Balaban J connectivity index is 2.49. The van der Waals surface area contributed by atoms with Gasteiger partial charge < -0.3 is 9.47 Å². The van der Waals surface area contributed by atoms with Crippen LogP contribution in [0.5, 0.6) is 0 Å². The molecule has 4 heteroatoms. The van der Waals surface area contributed by atoms with Gasteiger partial charge in [-0.2, -0.15) is 0 Å². The van der Waals surface area contributed by atoms with E-state index >= 15 is 0 Å². The molecule has 0 aromatic heterocycles. The van der Waals surface area contributed by atoms with Crippen LogP contribution in [-0.2, 0) is 19.1 Å². The van der Waals surface area contributed by atoms with Crippen molar-refractivity contribution in [3.63, 3.8) is 0 Å². The van der Waals surface area contributed by atoms with Gasteiger partial charge in [0.2, 0.25) is 0 Å². The molecule has 0 amide bonds. The van der Waals surface area contributed by atoms with E-state index in [4.69, 9.17) is 0 Å². The van der Waals surface area contributed by atoms with Crippen molar-refractivity contribution >= 4 is 11.9 Å². The minimum Gasteiger partial charge on any atom is -0.469 e. The molecule has 0 aromatic rings. The monoisotopic (exact) mass is 172 g/mol. The molecule has 12 heavy (non-hydrogen) atoms. The summed E-state index contributed by atoms with van der Waals surface area (Å²) in [6.45, 7) is 0. The van der Waals surface area contributed by atoms with Crippen LogP contribution in [0.2, 0.25) is 0 Å². The third kappa shape index (κ3) is 1.42. The topological polar surface area (TPSA) is 52.6 Å². The fourth-order valence-corrected chi connectivity index (χ4v) is 1.37. The number of hydrogen-bond donors (Lipinski definition) is 0. The van der Waals surface area contributed by atoms with Crippen LogP contribution in [0.25, 0.3) is 0 Å². The van der Waals surface area contributed by atoms with Gasteiger partial charge in [-0.15, -0.1) is 0 Å². The molecule has 1 fully saturated rings. The predicted octanol–water partition coefficient (Wildman–Crippen LogP) is 0.359. The first kappa shape index (κ1) is 9.03. The summed E-state index contributed by atoms with van der Waals surface area (Å²) in [5.41, 5.74) is 0. The Kier molecular flexibility index (Phi) is 2.68. The Morgan fingerprint density at radius 3 is 1.50 bits per heavy atom. The van der Waals surface area contributed by atoms with Gasteiger partial charge in [0.25, 0.3) is 0 Å². The van der Waals surface area contributed by atoms with Crippen molar-refractivity contribution in [1.82, 2.24) is 0 Å². The Hall–Kier alpha value is -1.06. The average molecular weight is 172 g/mol. The first-order valence-corrected chi connectivity index (χ1v) is 3.86. The molecule has 68 valence electrons. The zero-order valence-corrected chi connectivity index (χ0v) is 7.20. The second-order valence-electron chi connectivity index (χ2n) is 2.84. The molecule has 2 atom stereocenters. The lowest BCUT2D eigenvalue weighted by atomic mass is 9.74. The van der Waals surface area contributed by atoms with Crippen LogP contribution in [0.3, 0.4) is 0 Å². The van der Waals surface area contributed by atoms with E-state index in [2.05, 4.69) is 9.47 Å². The van der Waals surface area contributed by atoms with E-state index in [-0.39, 0.29) is 23.8 Å². The lowest BCUT2D eigenvalue weighted by Gasteiger charge is -2.31. The molecule has 0 N–H and O–H groups in total. The van der Waals surface area contributed by atoms with Gasteiger partial charge >= 0.3 is 11.9 Å². The third-order valence-electron chi connectivity index (χ3n) is 2.28. The molecule has 0 aromatic carbocycles. The van der Waals surface area contributed by atoms with Gasteiger partial charge in [-0.3, -0.25) is 9.59 Å². The number of methoxy groups -OCH3 is 2. The maximum Gasteiger partial charge on any atom is 0.309 e. The van der Waals surface area contributed by atoms with Crippen LogP contribution >= 0.6 is 0 Å². The van der Waals surface area contributed by atoms with E-state index in [0.29, 0.717) is 0 Å². The highest BCUT2D eigenvalue weighted by Gasteiger charge is 2.42. The van der Waals surface area contributed by atoms with E-state index in [1.54, 1.807) is 0 Å². The average Bonchev–Trinajstić information content (AvgIpc) is 2.02. The van der Waals surface area contributed by atoms with E-state index in [9.17, 15) is 9.59 Å². The number of carbonyl (C=O) groups excluding carboxylic acids is 2. The normalized spacial score (nSPS) is 27.2. The standard InChI is InChI=1S/C8H12O4/c1-11-7(9)5-3-4-6(5)8(10)12-2/h5-6H,3-4H2,1-2H3/t5-,6+. The van der Waals surface area contributed by atoms with Crippen molar-refractivity contribution in [2.24, 2.45) is 11.8 Å². The van der Waals surface area contributed by atoms with Gasteiger partial charge in [0.05, 0.1) is 26.1 Å². The van der Waals surface area contributed by atoms with Gasteiger partial charge in [-0.25, -0.2) is 0 Å². The van der Waals surface area contributed by atoms with E-state index < -0.39 is 0 Å². The summed E-state index contributed by atoms with van der Waals surface area (Å²) in [6, 6.07) is 0. The highest BCUT2D eigenvalue weighted by Crippen LogP contribution is 2.35. The highest BCUT2D eigenvalue weighted by molar-refractivity contribution is 5.83. The number of carbonyl (C=O) groups is 2. The van der Waals surface area contributed by atoms with Crippen LogP contribution in [0.4, 0.5) is 0 Å². The summed E-state index contributed by atoms with van der Waals surface area (Å²) in [6.07, 6.45) is 1.46. The largest absolute Gasteiger partial charge is 0.469 e. The van der Waals surface area contributed by atoms with Gasteiger partial charge in [0.1, 0.15) is 0 Å². The second-order valence-corrected chi connectivity index (χ2v) is 2.84. The summed E-state index contributed by atoms with van der Waals surface area (Å²) in [5.74, 6) is -1.17. The van der Waals surface area contributed by atoms with Gasteiger partial charge in [-0.1, -0.05) is 0 Å². The maximum absolute atomic E-state index is 11.0. The SMILES string of the molecule is COC(=O)[C@H]1CC[C@H]1C(=O)OC. The molecule has 1 aliphatic rings. The number of hydrogen-bond acceptors (Lipinski definition) is 4. The molecule has 0 bridgehead atoms. The number of rotatable bonds is 2. The number of ether oxygens (including phenoxy) is 2. The lowest BCUT2D eigenvalue weighted by molar-refractivity contribution is -0.164. The zero-order valence-electron chi connectivity index (χ0n) is 7.20. The second kappa shape index (κ2) is 3.56. The van der Waals surface area contributed by atoms with Crippen LogP contribution in [0, 0.1) is 11.8 Å². The predicted molar refractivity (Wildman–Crippen MR) is 40.2 cm³/mol. The Labute approximate surface area is 70.8 Å². The summed E-state index contributed by atoms with van der Waals surface area (Å²) in [7, 11) is 2.66. The Morgan fingerprint density at radius 1 is 1.00 bits per heavy atom. The lowest BCUT2D eigenvalue weighted by Crippen LogP contribution is -2.39. The summed E-state index contributed by atoms with van der Waals surface area (Å²) in [5, 5.41) is 0. The van der Waals surface area contributed by atoms with Crippen LogP contribution in [-0.4, -0.2) is 26.2 Å². The molecule has 0 aliphatic heterocycles. The maximum atomic E-state index is 11.0. The molecule has 0 radical (unpaired) electrons.